The van der Waals surface area contributed by atoms with Gasteiger partial charge >= 0.3 is 19.8 Å². The summed E-state index contributed by atoms with van der Waals surface area (Å²) in [5.74, 6) is -0.964. The molecule has 0 aromatic carbocycles. The van der Waals surface area contributed by atoms with Gasteiger partial charge in [-0.25, -0.2) is 4.57 Å². The van der Waals surface area contributed by atoms with Crippen LogP contribution < -0.4 is 0 Å². The zero-order chi connectivity index (χ0) is 35.6. The summed E-state index contributed by atoms with van der Waals surface area (Å²) in [4.78, 5) is 34.7. The van der Waals surface area contributed by atoms with Crippen molar-refractivity contribution >= 4 is 19.8 Å². The maximum atomic E-state index is 12.5. The first-order valence-corrected chi connectivity index (χ1v) is 19.6. The number of hydrogen-bond donors (Lipinski definition) is 3. The normalized spacial score (nSPS) is 14.7. The highest BCUT2D eigenvalue weighted by molar-refractivity contribution is 7.47. The van der Waals surface area contributed by atoms with Gasteiger partial charge in [0.05, 0.1) is 19.8 Å². The number of rotatable bonds is 33. The summed E-state index contributed by atoms with van der Waals surface area (Å²) < 4.78 is 32.5. The Hall–Kier alpha value is -2.07. The SMILES string of the molecule is CC/C=C\C/C=C\C/C=C\CCCCCCCC(=O)OC(COC(=O)CCCCCCC/C=C\CCC)COP(=O)(O)OCC(O)CO. The summed E-state index contributed by atoms with van der Waals surface area (Å²) in [5, 5.41) is 18.2. The fourth-order valence-electron chi connectivity index (χ4n) is 4.42. The molecule has 278 valence electrons. The van der Waals surface area contributed by atoms with Crippen LogP contribution in [-0.4, -0.2) is 65.7 Å². The first-order chi connectivity index (χ1) is 23.2. The Morgan fingerprint density at radius 1 is 0.646 bits per heavy atom. The molecule has 0 spiro atoms. The molecule has 48 heavy (non-hydrogen) atoms. The first kappa shape index (κ1) is 45.9. The van der Waals surface area contributed by atoms with Gasteiger partial charge in [-0.05, 0) is 64.2 Å². The molecule has 0 fully saturated rings. The van der Waals surface area contributed by atoms with Gasteiger partial charge in [-0.15, -0.1) is 0 Å². The van der Waals surface area contributed by atoms with Gasteiger partial charge in [0.1, 0.15) is 12.7 Å². The fourth-order valence-corrected chi connectivity index (χ4v) is 5.21. The second kappa shape index (κ2) is 33.4. The molecule has 0 saturated carbocycles. The molecule has 0 heterocycles. The van der Waals surface area contributed by atoms with Crippen LogP contribution in [0.3, 0.4) is 0 Å². The van der Waals surface area contributed by atoms with Crippen molar-refractivity contribution in [3.8, 4) is 0 Å². The Morgan fingerprint density at radius 3 is 1.75 bits per heavy atom. The molecule has 0 amide bonds. The monoisotopic (exact) mass is 700 g/mol. The van der Waals surface area contributed by atoms with E-state index in [-0.39, 0.29) is 19.4 Å². The molecule has 0 aromatic rings. The lowest BCUT2D eigenvalue weighted by molar-refractivity contribution is -0.161. The molecule has 0 aliphatic heterocycles. The van der Waals surface area contributed by atoms with Crippen LogP contribution in [0.5, 0.6) is 0 Å². The van der Waals surface area contributed by atoms with Gasteiger partial charge < -0.3 is 24.6 Å². The smallest absolute Gasteiger partial charge is 0.462 e. The summed E-state index contributed by atoms with van der Waals surface area (Å²) >= 11 is 0. The standard InChI is InChI=1S/C37H65O10P/c1-3-5-7-9-11-13-15-16-17-18-19-21-23-25-27-29-37(41)47-35(33-46-48(42,43)45-31-34(39)30-38)32-44-36(40)28-26-24-22-20-14-12-10-8-6-4-2/h5,7-8,10-11,13,16-17,34-35,38-39H,3-4,6,9,12,14-15,18-33H2,1-2H3,(H,42,43)/b7-5-,10-8-,13-11-,17-16-. The molecule has 0 aromatic heterocycles. The Balaban J connectivity index is 4.44. The van der Waals surface area contributed by atoms with E-state index in [9.17, 15) is 24.2 Å². The number of unbranched alkanes of at least 4 members (excludes halogenated alkanes) is 11. The highest BCUT2D eigenvalue weighted by Crippen LogP contribution is 2.43. The fraction of sp³-hybridized carbons (Fsp3) is 0.730. The minimum atomic E-state index is -4.61. The van der Waals surface area contributed by atoms with E-state index in [1.54, 1.807) is 0 Å². The number of carbonyl (C=O) groups is 2. The summed E-state index contributed by atoms with van der Waals surface area (Å²) in [6.45, 7) is 2.14. The summed E-state index contributed by atoms with van der Waals surface area (Å²) in [7, 11) is -4.61. The Labute approximate surface area is 290 Å². The van der Waals surface area contributed by atoms with Gasteiger partial charge in [-0.3, -0.25) is 18.6 Å². The number of esters is 2. The molecule has 0 bridgehead atoms. The van der Waals surface area contributed by atoms with Crippen LogP contribution in [0.1, 0.15) is 136 Å². The number of hydrogen-bond acceptors (Lipinski definition) is 9. The van der Waals surface area contributed by atoms with Crippen LogP contribution in [0.25, 0.3) is 0 Å². The predicted octanol–water partition coefficient (Wildman–Crippen LogP) is 8.60. The maximum absolute atomic E-state index is 12.5. The molecule has 0 aliphatic rings. The van der Waals surface area contributed by atoms with Crippen LogP contribution in [0.15, 0.2) is 48.6 Å². The van der Waals surface area contributed by atoms with E-state index in [1.165, 1.54) is 0 Å². The van der Waals surface area contributed by atoms with E-state index in [4.69, 9.17) is 19.1 Å². The molecule has 0 aliphatic carbocycles. The number of phosphoric acid groups is 1. The van der Waals surface area contributed by atoms with Crippen molar-refractivity contribution in [3.05, 3.63) is 48.6 Å². The van der Waals surface area contributed by atoms with Crippen molar-refractivity contribution in [2.75, 3.05) is 26.4 Å². The number of aliphatic hydroxyl groups is 2. The number of carbonyl (C=O) groups excluding carboxylic acids is 2. The van der Waals surface area contributed by atoms with E-state index in [0.29, 0.717) is 12.8 Å². The third-order valence-electron chi connectivity index (χ3n) is 7.20. The molecule has 0 radical (unpaired) electrons. The number of allylic oxidation sites excluding steroid dienone is 8. The van der Waals surface area contributed by atoms with Crippen molar-refractivity contribution in [2.24, 2.45) is 0 Å². The van der Waals surface area contributed by atoms with E-state index >= 15 is 0 Å². The topological polar surface area (TPSA) is 149 Å². The van der Waals surface area contributed by atoms with Crippen LogP contribution in [0, 0.1) is 0 Å². The van der Waals surface area contributed by atoms with Crippen molar-refractivity contribution in [1.82, 2.24) is 0 Å². The van der Waals surface area contributed by atoms with E-state index in [1.807, 2.05) is 0 Å². The maximum Gasteiger partial charge on any atom is 0.472 e. The van der Waals surface area contributed by atoms with Gasteiger partial charge in [-0.2, -0.15) is 0 Å². The van der Waals surface area contributed by atoms with Crippen molar-refractivity contribution in [3.63, 3.8) is 0 Å². The Morgan fingerprint density at radius 2 is 1.15 bits per heavy atom. The van der Waals surface area contributed by atoms with E-state index < -0.39 is 51.8 Å². The van der Waals surface area contributed by atoms with E-state index in [0.717, 1.165) is 96.3 Å². The summed E-state index contributed by atoms with van der Waals surface area (Å²) in [5.41, 5.74) is 0. The average molecular weight is 701 g/mol. The minimum absolute atomic E-state index is 0.161. The minimum Gasteiger partial charge on any atom is -0.462 e. The third-order valence-corrected chi connectivity index (χ3v) is 8.15. The number of phosphoric ester groups is 1. The van der Waals surface area contributed by atoms with Crippen LogP contribution >= 0.6 is 7.82 Å². The second-order valence-corrected chi connectivity index (χ2v) is 13.3. The van der Waals surface area contributed by atoms with Gasteiger partial charge in [-0.1, -0.05) is 107 Å². The molecule has 3 atom stereocenters. The average Bonchev–Trinajstić information content (AvgIpc) is 3.07. The Bertz CT molecular complexity index is 946. The predicted molar refractivity (Wildman–Crippen MR) is 191 cm³/mol. The lowest BCUT2D eigenvalue weighted by atomic mass is 10.1. The summed E-state index contributed by atoms with van der Waals surface area (Å²) in [6.07, 6.45) is 32.3. The lowest BCUT2D eigenvalue weighted by Gasteiger charge is -2.20. The Kier molecular flexibility index (Phi) is 32.0. The molecular formula is C37H65O10P. The molecule has 10 nitrogen and oxygen atoms in total. The van der Waals surface area contributed by atoms with Crippen molar-refractivity contribution in [1.29, 1.82) is 0 Å². The third kappa shape index (κ3) is 32.5. The van der Waals surface area contributed by atoms with Gasteiger partial charge in [0, 0.05) is 12.8 Å². The highest BCUT2D eigenvalue weighted by atomic mass is 31.2. The lowest BCUT2D eigenvalue weighted by Crippen LogP contribution is -2.29. The number of ether oxygens (including phenoxy) is 2. The highest BCUT2D eigenvalue weighted by Gasteiger charge is 2.27. The van der Waals surface area contributed by atoms with E-state index in [2.05, 4.69) is 67.0 Å². The zero-order valence-electron chi connectivity index (χ0n) is 29.7. The van der Waals surface area contributed by atoms with Crippen LogP contribution in [0.2, 0.25) is 0 Å². The molecule has 0 saturated heterocycles. The molecule has 11 heteroatoms. The zero-order valence-corrected chi connectivity index (χ0v) is 30.6. The summed E-state index contributed by atoms with van der Waals surface area (Å²) in [6, 6.07) is 0. The largest absolute Gasteiger partial charge is 0.472 e. The van der Waals surface area contributed by atoms with Crippen LogP contribution in [0.4, 0.5) is 0 Å². The quantitative estimate of drug-likeness (QED) is 0.0263. The van der Waals surface area contributed by atoms with Crippen molar-refractivity contribution in [2.45, 2.75) is 148 Å². The van der Waals surface area contributed by atoms with Gasteiger partial charge in [0.2, 0.25) is 0 Å². The molecule has 0 rings (SSSR count). The van der Waals surface area contributed by atoms with Crippen molar-refractivity contribution < 1.29 is 47.8 Å². The molecule has 3 unspecified atom stereocenters. The second-order valence-electron chi connectivity index (χ2n) is 11.9. The number of aliphatic hydroxyl groups excluding tert-OH is 2. The molecular weight excluding hydrogens is 635 g/mol. The van der Waals surface area contributed by atoms with Gasteiger partial charge in [0.15, 0.2) is 6.10 Å². The van der Waals surface area contributed by atoms with Crippen LogP contribution in [-0.2, 0) is 32.7 Å². The first-order valence-electron chi connectivity index (χ1n) is 18.1. The van der Waals surface area contributed by atoms with Gasteiger partial charge in [0.25, 0.3) is 0 Å². The molecule has 3 N–H and O–H groups in total.